The second-order valence-corrected chi connectivity index (χ2v) is 7.08. The van der Waals surface area contributed by atoms with Crippen molar-refractivity contribution < 1.29 is 4.79 Å². The van der Waals surface area contributed by atoms with Crippen LogP contribution in [0.25, 0.3) is 0 Å². The molecular formula is C13H24N2OS. The smallest absolute Gasteiger partial charge is 0.240 e. The molecule has 2 aliphatic carbocycles. The van der Waals surface area contributed by atoms with Gasteiger partial charge in [-0.15, -0.1) is 0 Å². The fourth-order valence-electron chi connectivity index (χ4n) is 2.70. The van der Waals surface area contributed by atoms with Crippen LogP contribution >= 0.6 is 11.8 Å². The molecular weight excluding hydrogens is 232 g/mol. The molecule has 2 saturated carbocycles. The van der Waals surface area contributed by atoms with Crippen LogP contribution in [0.2, 0.25) is 0 Å². The third-order valence-corrected chi connectivity index (χ3v) is 5.39. The fraction of sp³-hybridized carbons (Fsp3) is 0.923. The molecule has 3 nitrogen and oxygen atoms in total. The molecule has 3 atom stereocenters. The zero-order chi connectivity index (χ0) is 12.5. The molecule has 0 bridgehead atoms. The first-order valence-electron chi connectivity index (χ1n) is 6.77. The van der Waals surface area contributed by atoms with Crippen molar-refractivity contribution in [3.8, 4) is 0 Å². The Morgan fingerprint density at radius 1 is 1.41 bits per heavy atom. The standard InChI is InChI=1S/C13H24N2OS/c1-3-17-11-6-4-5-10(11)15-12(16)13(2,14)9-7-8-9/h9-11H,3-8,14H2,1-2H3,(H,15,16). The Balaban J connectivity index is 1.89. The maximum Gasteiger partial charge on any atom is 0.240 e. The highest BCUT2D eigenvalue weighted by Crippen LogP contribution is 2.38. The Labute approximate surface area is 108 Å². The molecule has 2 rings (SSSR count). The van der Waals surface area contributed by atoms with Crippen molar-refractivity contribution in [2.45, 2.75) is 62.8 Å². The second-order valence-electron chi connectivity index (χ2n) is 5.56. The molecule has 0 aliphatic heterocycles. The topological polar surface area (TPSA) is 55.1 Å². The Bertz CT molecular complexity index is 289. The Hall–Kier alpha value is -0.220. The van der Waals surface area contributed by atoms with E-state index in [2.05, 4.69) is 12.2 Å². The van der Waals surface area contributed by atoms with Gasteiger partial charge in [0.05, 0.1) is 5.54 Å². The molecule has 0 aromatic rings. The van der Waals surface area contributed by atoms with E-state index in [9.17, 15) is 4.79 Å². The fourth-order valence-corrected chi connectivity index (χ4v) is 3.89. The molecule has 2 fully saturated rings. The summed E-state index contributed by atoms with van der Waals surface area (Å²) in [6, 6.07) is 0.342. The van der Waals surface area contributed by atoms with Gasteiger partial charge in [-0.1, -0.05) is 13.3 Å². The van der Waals surface area contributed by atoms with Gasteiger partial charge in [0.25, 0.3) is 0 Å². The molecule has 17 heavy (non-hydrogen) atoms. The summed E-state index contributed by atoms with van der Waals surface area (Å²) in [6.07, 6.45) is 5.79. The maximum absolute atomic E-state index is 12.2. The lowest BCUT2D eigenvalue weighted by Crippen LogP contribution is -2.56. The van der Waals surface area contributed by atoms with E-state index >= 15 is 0 Å². The van der Waals surface area contributed by atoms with Gasteiger partial charge in [0.1, 0.15) is 0 Å². The monoisotopic (exact) mass is 256 g/mol. The number of nitrogens with one attached hydrogen (secondary N) is 1. The molecule has 0 aromatic heterocycles. The van der Waals surface area contributed by atoms with E-state index < -0.39 is 5.54 Å². The lowest BCUT2D eigenvalue weighted by molar-refractivity contribution is -0.127. The van der Waals surface area contributed by atoms with Crippen LogP contribution in [-0.4, -0.2) is 28.5 Å². The number of amides is 1. The second kappa shape index (κ2) is 5.19. The molecule has 0 spiro atoms. The molecule has 1 amide bonds. The van der Waals surface area contributed by atoms with Crippen LogP contribution in [0.4, 0.5) is 0 Å². The summed E-state index contributed by atoms with van der Waals surface area (Å²) in [5, 5.41) is 3.79. The van der Waals surface area contributed by atoms with Gasteiger partial charge in [-0.3, -0.25) is 4.79 Å². The number of hydrogen-bond donors (Lipinski definition) is 2. The van der Waals surface area contributed by atoms with E-state index in [0.717, 1.165) is 25.0 Å². The minimum atomic E-state index is -0.649. The van der Waals surface area contributed by atoms with Crippen molar-refractivity contribution in [3.05, 3.63) is 0 Å². The normalized spacial score (nSPS) is 32.2. The first kappa shape index (κ1) is 13.2. The summed E-state index contributed by atoms with van der Waals surface area (Å²) in [5.41, 5.74) is 5.50. The van der Waals surface area contributed by atoms with Crippen molar-refractivity contribution in [1.29, 1.82) is 0 Å². The molecule has 98 valence electrons. The summed E-state index contributed by atoms with van der Waals surface area (Å²) in [7, 11) is 0. The number of nitrogens with two attached hydrogens (primary N) is 1. The third-order valence-electron chi connectivity index (χ3n) is 4.06. The van der Waals surface area contributed by atoms with Crippen molar-refractivity contribution in [1.82, 2.24) is 5.32 Å². The van der Waals surface area contributed by atoms with Crippen LogP contribution in [-0.2, 0) is 4.79 Å². The van der Waals surface area contributed by atoms with E-state index in [1.165, 1.54) is 12.8 Å². The molecule has 3 N–H and O–H groups in total. The lowest BCUT2D eigenvalue weighted by atomic mass is 9.95. The van der Waals surface area contributed by atoms with Gasteiger partial charge in [0, 0.05) is 11.3 Å². The van der Waals surface area contributed by atoms with E-state index in [4.69, 9.17) is 5.73 Å². The Kier molecular flexibility index (Phi) is 4.03. The SMILES string of the molecule is CCSC1CCCC1NC(=O)C(C)(N)C1CC1. The molecule has 0 aromatic carbocycles. The third kappa shape index (κ3) is 2.97. The number of carbonyl (C=O) groups excluding carboxylic acids is 1. The zero-order valence-electron chi connectivity index (χ0n) is 10.9. The molecule has 0 heterocycles. The van der Waals surface area contributed by atoms with Gasteiger partial charge in [0.2, 0.25) is 5.91 Å². The van der Waals surface area contributed by atoms with Gasteiger partial charge in [-0.05, 0) is 44.3 Å². The van der Waals surface area contributed by atoms with Gasteiger partial charge in [0.15, 0.2) is 0 Å². The first-order chi connectivity index (χ1) is 8.05. The minimum absolute atomic E-state index is 0.0635. The van der Waals surface area contributed by atoms with E-state index in [0.29, 0.717) is 17.2 Å². The van der Waals surface area contributed by atoms with E-state index in [-0.39, 0.29) is 5.91 Å². The highest BCUT2D eigenvalue weighted by atomic mass is 32.2. The zero-order valence-corrected chi connectivity index (χ0v) is 11.7. The van der Waals surface area contributed by atoms with Gasteiger partial charge < -0.3 is 11.1 Å². The predicted molar refractivity (Wildman–Crippen MR) is 73.0 cm³/mol. The van der Waals surface area contributed by atoms with Gasteiger partial charge in [-0.25, -0.2) is 0 Å². The summed E-state index contributed by atoms with van der Waals surface area (Å²) in [6.45, 7) is 4.07. The van der Waals surface area contributed by atoms with E-state index in [1.807, 2.05) is 18.7 Å². The van der Waals surface area contributed by atoms with E-state index in [1.54, 1.807) is 0 Å². The average Bonchev–Trinajstić information content (AvgIpc) is 3.05. The molecule has 0 radical (unpaired) electrons. The highest BCUT2D eigenvalue weighted by molar-refractivity contribution is 7.99. The maximum atomic E-state index is 12.2. The highest BCUT2D eigenvalue weighted by Gasteiger charge is 2.45. The predicted octanol–water partition coefficient (Wildman–Crippen LogP) is 1.90. The molecule has 3 unspecified atom stereocenters. The van der Waals surface area contributed by atoms with Crippen molar-refractivity contribution >= 4 is 17.7 Å². The van der Waals surface area contributed by atoms with Crippen molar-refractivity contribution in [2.24, 2.45) is 11.7 Å². The number of thioether (sulfide) groups is 1. The molecule has 2 aliphatic rings. The van der Waals surface area contributed by atoms with Crippen molar-refractivity contribution in [2.75, 3.05) is 5.75 Å². The van der Waals surface area contributed by atoms with Gasteiger partial charge >= 0.3 is 0 Å². The van der Waals surface area contributed by atoms with Crippen molar-refractivity contribution in [3.63, 3.8) is 0 Å². The average molecular weight is 256 g/mol. The number of hydrogen-bond acceptors (Lipinski definition) is 3. The van der Waals surface area contributed by atoms with Crippen LogP contribution in [0.5, 0.6) is 0 Å². The Morgan fingerprint density at radius 2 is 2.12 bits per heavy atom. The molecule has 4 heteroatoms. The summed E-state index contributed by atoms with van der Waals surface area (Å²) in [4.78, 5) is 12.2. The molecule has 0 saturated heterocycles. The number of carbonyl (C=O) groups is 1. The van der Waals surface area contributed by atoms with Crippen LogP contribution in [0, 0.1) is 5.92 Å². The minimum Gasteiger partial charge on any atom is -0.351 e. The van der Waals surface area contributed by atoms with Crippen LogP contribution in [0.1, 0.15) is 46.0 Å². The van der Waals surface area contributed by atoms with Crippen LogP contribution in [0.15, 0.2) is 0 Å². The summed E-state index contributed by atoms with van der Waals surface area (Å²) in [5.74, 6) is 1.59. The van der Waals surface area contributed by atoms with Gasteiger partial charge in [-0.2, -0.15) is 11.8 Å². The van der Waals surface area contributed by atoms with Crippen LogP contribution < -0.4 is 11.1 Å². The number of rotatable bonds is 5. The lowest BCUT2D eigenvalue weighted by Gasteiger charge is -2.28. The summed E-state index contributed by atoms with van der Waals surface area (Å²) >= 11 is 1.97. The largest absolute Gasteiger partial charge is 0.351 e. The summed E-state index contributed by atoms with van der Waals surface area (Å²) < 4.78 is 0. The first-order valence-corrected chi connectivity index (χ1v) is 7.82. The van der Waals surface area contributed by atoms with Crippen LogP contribution in [0.3, 0.4) is 0 Å². The quantitative estimate of drug-likeness (QED) is 0.790. The Morgan fingerprint density at radius 3 is 2.71 bits per heavy atom.